The Morgan fingerprint density at radius 3 is 2.63 bits per heavy atom. The molecular weight excluding hydrogens is 262 g/mol. The highest BCUT2D eigenvalue weighted by atomic mass is 32.2. The third-order valence-electron chi connectivity index (χ3n) is 3.75. The number of rotatable bonds is 4. The zero-order chi connectivity index (χ0) is 14.1. The van der Waals surface area contributed by atoms with Gasteiger partial charge in [-0.3, -0.25) is 0 Å². The summed E-state index contributed by atoms with van der Waals surface area (Å²) in [7, 11) is -3.68. The third-order valence-corrected chi connectivity index (χ3v) is 5.39. The molecule has 0 radical (unpaired) electrons. The number of nitrogens with one attached hydrogen (secondary N) is 1. The van der Waals surface area contributed by atoms with E-state index in [2.05, 4.69) is 4.72 Å². The number of nitrogens with two attached hydrogens (primary N) is 1. The maximum Gasteiger partial charge on any atom is 0.242 e. The molecule has 0 atom stereocenters. The molecule has 0 amide bonds. The molecule has 1 saturated carbocycles. The van der Waals surface area contributed by atoms with Crippen LogP contribution in [0.4, 0.5) is 5.69 Å². The van der Waals surface area contributed by atoms with E-state index >= 15 is 0 Å². The van der Waals surface area contributed by atoms with Crippen molar-refractivity contribution in [1.82, 2.24) is 4.72 Å². The van der Waals surface area contributed by atoms with Gasteiger partial charge in [0.1, 0.15) is 6.07 Å². The second-order valence-corrected chi connectivity index (χ2v) is 6.61. The Labute approximate surface area is 113 Å². The van der Waals surface area contributed by atoms with Crippen LogP contribution in [0.3, 0.4) is 0 Å². The lowest BCUT2D eigenvalue weighted by Crippen LogP contribution is -2.52. The number of hydrogen-bond acceptors (Lipinski definition) is 4. The Hall–Kier alpha value is -1.58. The molecule has 0 heterocycles. The van der Waals surface area contributed by atoms with Crippen LogP contribution in [0.2, 0.25) is 0 Å². The Kier molecular flexibility index (Phi) is 3.52. The second kappa shape index (κ2) is 4.83. The minimum atomic E-state index is -3.68. The summed E-state index contributed by atoms with van der Waals surface area (Å²) in [6, 6.07) is 6.15. The number of nitrogen functional groups attached to an aromatic ring is 1. The molecule has 0 bridgehead atoms. The lowest BCUT2D eigenvalue weighted by molar-refractivity contribution is 0.214. The molecule has 1 aliphatic rings. The molecule has 6 heteroatoms. The van der Waals surface area contributed by atoms with Crippen molar-refractivity contribution in [2.45, 2.75) is 43.0 Å². The number of sulfonamides is 1. The smallest absolute Gasteiger partial charge is 0.242 e. The molecule has 102 valence electrons. The average molecular weight is 279 g/mol. The van der Waals surface area contributed by atoms with Gasteiger partial charge in [-0.05, 0) is 43.9 Å². The first kappa shape index (κ1) is 13.8. The Balaban J connectivity index is 2.38. The van der Waals surface area contributed by atoms with Gasteiger partial charge in [0, 0.05) is 11.2 Å². The van der Waals surface area contributed by atoms with Crippen molar-refractivity contribution < 1.29 is 8.42 Å². The van der Waals surface area contributed by atoms with Crippen molar-refractivity contribution >= 4 is 15.7 Å². The van der Waals surface area contributed by atoms with Crippen molar-refractivity contribution in [2.24, 2.45) is 0 Å². The van der Waals surface area contributed by atoms with Crippen LogP contribution < -0.4 is 10.5 Å². The van der Waals surface area contributed by atoms with E-state index in [1.165, 1.54) is 18.2 Å². The van der Waals surface area contributed by atoms with Crippen LogP contribution in [0.1, 0.15) is 38.2 Å². The van der Waals surface area contributed by atoms with Crippen molar-refractivity contribution in [2.75, 3.05) is 5.73 Å². The number of benzene rings is 1. The molecule has 0 aliphatic heterocycles. The van der Waals surface area contributed by atoms with Crippen LogP contribution in [0.25, 0.3) is 0 Å². The predicted octanol–water partition coefficient (Wildman–Crippen LogP) is 1.75. The maximum atomic E-state index is 12.4. The molecule has 1 aliphatic carbocycles. The fourth-order valence-corrected chi connectivity index (χ4v) is 4.01. The molecule has 1 aromatic rings. The van der Waals surface area contributed by atoms with Crippen LogP contribution in [0.5, 0.6) is 0 Å². The topological polar surface area (TPSA) is 96.0 Å². The molecule has 0 spiro atoms. The normalized spacial score (nSPS) is 17.5. The lowest BCUT2D eigenvalue weighted by atomic mass is 9.76. The minimum absolute atomic E-state index is 0.00363. The van der Waals surface area contributed by atoms with E-state index in [9.17, 15) is 8.42 Å². The van der Waals surface area contributed by atoms with E-state index in [-0.39, 0.29) is 16.0 Å². The third kappa shape index (κ3) is 2.57. The van der Waals surface area contributed by atoms with E-state index in [1.807, 2.05) is 13.0 Å². The highest BCUT2D eigenvalue weighted by Gasteiger charge is 2.39. The number of hydrogen-bond donors (Lipinski definition) is 2. The molecule has 0 unspecified atom stereocenters. The fourth-order valence-electron chi connectivity index (χ4n) is 2.34. The van der Waals surface area contributed by atoms with Crippen LogP contribution in [-0.4, -0.2) is 14.0 Å². The zero-order valence-corrected chi connectivity index (χ0v) is 11.6. The van der Waals surface area contributed by atoms with E-state index in [4.69, 9.17) is 11.0 Å². The fraction of sp³-hybridized carbons (Fsp3) is 0.462. The van der Waals surface area contributed by atoms with Crippen molar-refractivity contribution in [3.8, 4) is 6.07 Å². The number of nitriles is 1. The van der Waals surface area contributed by atoms with Gasteiger partial charge >= 0.3 is 0 Å². The summed E-state index contributed by atoms with van der Waals surface area (Å²) >= 11 is 0. The first-order valence-corrected chi connectivity index (χ1v) is 7.74. The van der Waals surface area contributed by atoms with Gasteiger partial charge < -0.3 is 5.73 Å². The highest BCUT2D eigenvalue weighted by Crippen LogP contribution is 2.36. The Morgan fingerprint density at radius 1 is 1.47 bits per heavy atom. The second-order valence-electron chi connectivity index (χ2n) is 4.96. The van der Waals surface area contributed by atoms with E-state index in [1.54, 1.807) is 0 Å². The summed E-state index contributed by atoms with van der Waals surface area (Å²) in [5, 5.41) is 9.04. The molecule has 2 rings (SSSR count). The van der Waals surface area contributed by atoms with Gasteiger partial charge in [-0.15, -0.1) is 0 Å². The molecule has 1 aromatic carbocycles. The lowest BCUT2D eigenvalue weighted by Gasteiger charge is -2.41. The molecule has 19 heavy (non-hydrogen) atoms. The first-order chi connectivity index (χ1) is 8.92. The predicted molar refractivity (Wildman–Crippen MR) is 72.8 cm³/mol. The minimum Gasteiger partial charge on any atom is -0.399 e. The van der Waals surface area contributed by atoms with E-state index in [0.717, 1.165) is 25.7 Å². The Bertz CT molecular complexity index is 622. The largest absolute Gasteiger partial charge is 0.399 e. The van der Waals surface area contributed by atoms with Crippen molar-refractivity contribution in [3.63, 3.8) is 0 Å². The number of nitrogens with zero attached hydrogens (tertiary/aromatic N) is 1. The summed E-state index contributed by atoms with van der Waals surface area (Å²) in [6.07, 6.45) is 3.48. The standard InChI is InChI=1S/C13H17N3O2S/c1-2-13(6-3-7-13)16-19(17,18)12-5-4-11(15)8-10(12)9-14/h4-5,8,16H,2-3,6-7,15H2,1H3. The van der Waals surface area contributed by atoms with Crippen LogP contribution >= 0.6 is 0 Å². The van der Waals surface area contributed by atoms with Gasteiger partial charge in [0.2, 0.25) is 10.0 Å². The molecule has 3 N–H and O–H groups in total. The van der Waals surface area contributed by atoms with Crippen molar-refractivity contribution in [1.29, 1.82) is 5.26 Å². The summed E-state index contributed by atoms with van der Waals surface area (Å²) in [5.41, 5.74) is 5.69. The summed E-state index contributed by atoms with van der Waals surface area (Å²) in [5.74, 6) is 0. The van der Waals surface area contributed by atoms with Gasteiger partial charge in [-0.1, -0.05) is 6.92 Å². The summed E-state index contributed by atoms with van der Waals surface area (Å²) in [6.45, 7) is 1.97. The Morgan fingerprint density at radius 2 is 2.16 bits per heavy atom. The molecule has 0 aromatic heterocycles. The molecule has 0 saturated heterocycles. The van der Waals surface area contributed by atoms with Crippen LogP contribution in [-0.2, 0) is 10.0 Å². The van der Waals surface area contributed by atoms with Gasteiger partial charge in [0.25, 0.3) is 0 Å². The molecule has 5 nitrogen and oxygen atoms in total. The highest BCUT2D eigenvalue weighted by molar-refractivity contribution is 7.89. The van der Waals surface area contributed by atoms with Gasteiger partial charge in [-0.25, -0.2) is 13.1 Å². The van der Waals surface area contributed by atoms with E-state index in [0.29, 0.717) is 5.69 Å². The van der Waals surface area contributed by atoms with Crippen LogP contribution in [0.15, 0.2) is 23.1 Å². The monoisotopic (exact) mass is 279 g/mol. The van der Waals surface area contributed by atoms with Gasteiger partial charge in [-0.2, -0.15) is 5.26 Å². The summed E-state index contributed by atoms with van der Waals surface area (Å²) in [4.78, 5) is 0.00363. The van der Waals surface area contributed by atoms with Crippen molar-refractivity contribution in [3.05, 3.63) is 23.8 Å². The van der Waals surface area contributed by atoms with Gasteiger partial charge in [0.05, 0.1) is 10.5 Å². The molecule has 1 fully saturated rings. The summed E-state index contributed by atoms with van der Waals surface area (Å²) < 4.78 is 27.5. The maximum absolute atomic E-state index is 12.4. The SMILES string of the molecule is CCC1(NS(=O)(=O)c2ccc(N)cc2C#N)CCC1. The molecular formula is C13H17N3O2S. The quantitative estimate of drug-likeness (QED) is 0.821. The zero-order valence-electron chi connectivity index (χ0n) is 10.8. The first-order valence-electron chi connectivity index (χ1n) is 6.26. The average Bonchev–Trinajstić information content (AvgIpc) is 2.33. The van der Waals surface area contributed by atoms with Gasteiger partial charge in [0.15, 0.2) is 0 Å². The van der Waals surface area contributed by atoms with E-state index < -0.39 is 10.0 Å². The number of anilines is 1. The van der Waals surface area contributed by atoms with Crippen LogP contribution in [0, 0.1) is 11.3 Å².